The van der Waals surface area contributed by atoms with Gasteiger partial charge in [-0.25, -0.2) is 0 Å². The lowest BCUT2D eigenvalue weighted by Gasteiger charge is -2.39. The largest absolute Gasteiger partial charge is 0.457 e. The van der Waals surface area contributed by atoms with E-state index in [9.17, 15) is 10.5 Å². The van der Waals surface area contributed by atoms with Crippen LogP contribution in [0.2, 0.25) is 0 Å². The number of ether oxygens (including phenoxy) is 1. The highest BCUT2D eigenvalue weighted by molar-refractivity contribution is 6.14. The summed E-state index contributed by atoms with van der Waals surface area (Å²) in [5.41, 5.74) is 20.4. The first-order chi connectivity index (χ1) is 47.0. The predicted molar refractivity (Wildman–Crippen MR) is 381 cm³/mol. The number of hydrogen-bond donors (Lipinski definition) is 0. The van der Waals surface area contributed by atoms with Gasteiger partial charge in [-0.2, -0.15) is 10.5 Å². The number of nitriles is 2. The first kappa shape index (κ1) is 51.5. The molecule has 95 heavy (non-hydrogen) atoms. The Hall–Kier alpha value is -13.3. The quantitative estimate of drug-likeness (QED) is 0.171. The molecule has 10 nitrogen and oxygen atoms in total. The molecular formula is C85H47N9O. The van der Waals surface area contributed by atoms with Crippen LogP contribution in [0.5, 0.6) is 11.5 Å². The fourth-order valence-corrected chi connectivity index (χ4v) is 16.6. The fourth-order valence-electron chi connectivity index (χ4n) is 16.6. The van der Waals surface area contributed by atoms with Crippen LogP contribution >= 0.6 is 0 Å². The van der Waals surface area contributed by atoms with Crippen molar-refractivity contribution in [2.45, 2.75) is 5.41 Å². The Morgan fingerprint density at radius 1 is 0.263 bits per heavy atom. The number of nitrogens with zero attached hydrogens (tertiary/aromatic N) is 9. The normalized spacial score (nSPS) is 13.0. The van der Waals surface area contributed by atoms with Crippen LogP contribution in [0.4, 0.5) is 0 Å². The van der Waals surface area contributed by atoms with E-state index < -0.39 is 5.41 Å². The predicted octanol–water partition coefficient (Wildman–Crippen LogP) is 20.2. The van der Waals surface area contributed by atoms with Crippen LogP contribution in [0.25, 0.3) is 149 Å². The van der Waals surface area contributed by atoms with Gasteiger partial charge >= 0.3 is 0 Å². The second-order valence-corrected chi connectivity index (χ2v) is 25.1. The molecule has 0 fully saturated rings. The zero-order valence-corrected chi connectivity index (χ0v) is 50.6. The van der Waals surface area contributed by atoms with Gasteiger partial charge in [-0.1, -0.05) is 127 Å². The number of para-hydroxylation sites is 7. The Morgan fingerprint density at radius 3 is 0.895 bits per heavy atom. The van der Waals surface area contributed by atoms with E-state index in [1.165, 1.54) is 10.8 Å². The van der Waals surface area contributed by atoms with Crippen molar-refractivity contribution < 1.29 is 4.74 Å². The van der Waals surface area contributed by atoms with Crippen LogP contribution in [0.3, 0.4) is 0 Å². The lowest BCUT2D eigenvalue weighted by atomic mass is 9.66. The average Bonchev–Trinajstić information content (AvgIpc) is 1.42. The van der Waals surface area contributed by atoms with Crippen molar-refractivity contribution >= 4 is 109 Å². The summed E-state index contributed by atoms with van der Waals surface area (Å²) >= 11 is 0. The van der Waals surface area contributed by atoms with Crippen molar-refractivity contribution in [1.82, 2.24) is 32.8 Å². The van der Waals surface area contributed by atoms with Crippen LogP contribution in [0, 0.1) is 22.7 Å². The van der Waals surface area contributed by atoms with Crippen LogP contribution in [-0.4, -0.2) is 32.8 Å². The number of aromatic nitrogens is 7. The minimum atomic E-state index is -1.17. The van der Waals surface area contributed by atoms with Gasteiger partial charge in [0, 0.05) is 93.2 Å². The van der Waals surface area contributed by atoms with Crippen LogP contribution in [0.15, 0.2) is 285 Å². The standard InChI is InChI=1S/C85H47N9O/c86-46-50-29-34-78-64(39-50)65-40-51(47-87)30-35-79(65)92(78)54-33-38-82-68(43-54)85(67-42-53(32-37-81(67)95-82)91-77-28-14-7-21-63(77)66-41-52(31-36-80(66)91)90-71-22-8-1-15-57(71)58-16-2-9-23-72(58)90)69-44-55(93-73-24-10-3-17-59(73)60-18-4-11-25-74(60)93)48-88-83(69)84-70(85)45-56(49-89-84)94-75-26-12-5-19-61(75)62-20-6-13-27-76(62)94/h1-45,48-49H. The van der Waals surface area contributed by atoms with Gasteiger partial charge in [-0.15, -0.1) is 0 Å². The Morgan fingerprint density at radius 2 is 0.537 bits per heavy atom. The summed E-state index contributed by atoms with van der Waals surface area (Å²) in [6.45, 7) is 0. The zero-order valence-electron chi connectivity index (χ0n) is 50.6. The summed E-state index contributed by atoms with van der Waals surface area (Å²) in [6, 6.07) is 102. The van der Waals surface area contributed by atoms with Crippen molar-refractivity contribution in [2.75, 3.05) is 0 Å². The molecule has 8 heterocycles. The molecule has 1 aliphatic carbocycles. The molecule has 0 N–H and O–H groups in total. The molecule has 0 saturated heterocycles. The lowest BCUT2D eigenvalue weighted by Crippen LogP contribution is -2.33. The molecule has 0 unspecified atom stereocenters. The molecule has 7 aromatic heterocycles. The summed E-state index contributed by atoms with van der Waals surface area (Å²) in [5.74, 6) is 1.39. The first-order valence-electron chi connectivity index (χ1n) is 31.9. The molecular weight excluding hydrogens is 1160 g/mol. The molecule has 10 heteroatoms. The highest BCUT2D eigenvalue weighted by atomic mass is 16.5. The molecule has 19 aromatic rings. The van der Waals surface area contributed by atoms with Gasteiger partial charge in [0.25, 0.3) is 0 Å². The van der Waals surface area contributed by atoms with Gasteiger partial charge < -0.3 is 27.6 Å². The minimum absolute atomic E-state index is 0.535. The molecule has 0 radical (unpaired) electrons. The van der Waals surface area contributed by atoms with Gasteiger partial charge in [0.05, 0.1) is 119 Å². The van der Waals surface area contributed by atoms with Crippen LogP contribution < -0.4 is 4.74 Å². The molecule has 12 aromatic carbocycles. The minimum Gasteiger partial charge on any atom is -0.457 e. The third-order valence-electron chi connectivity index (χ3n) is 20.4. The molecule has 0 amide bonds. The molecule has 1 spiro atoms. The smallest absolute Gasteiger partial charge is 0.132 e. The number of hydrogen-bond acceptors (Lipinski definition) is 5. The Kier molecular flexibility index (Phi) is 10.2. The maximum atomic E-state index is 10.3. The number of benzene rings is 12. The van der Waals surface area contributed by atoms with E-state index >= 15 is 0 Å². The second kappa shape index (κ2) is 18.9. The lowest BCUT2D eigenvalue weighted by molar-refractivity contribution is 0.436. The SMILES string of the molecule is N#Cc1ccc2c(c1)c1cc(C#N)ccc1n2-c1ccc2c(c1)C1(c3cc(-n4c5ccccc5c5cc(-n6c7ccccc7c7ccccc76)ccc54)ccc3O2)c2cc(-n3c4ccccc4c4ccccc43)cnc2-c2ncc(-n3c4ccccc4c4ccccc43)cc21. The van der Waals surface area contributed by atoms with E-state index in [1.54, 1.807) is 0 Å². The summed E-state index contributed by atoms with van der Waals surface area (Å²) in [6.07, 6.45) is 4.04. The highest BCUT2D eigenvalue weighted by Gasteiger charge is 2.54. The van der Waals surface area contributed by atoms with Gasteiger partial charge in [0.2, 0.25) is 0 Å². The summed E-state index contributed by atoms with van der Waals surface area (Å²) in [5, 5.41) is 31.7. The fraction of sp³-hybridized carbons (Fsp3) is 0.0118. The van der Waals surface area contributed by atoms with Crippen LogP contribution in [-0.2, 0) is 5.41 Å². The van der Waals surface area contributed by atoms with Gasteiger partial charge in [-0.3, -0.25) is 9.97 Å². The van der Waals surface area contributed by atoms with Crippen LogP contribution in [0.1, 0.15) is 33.4 Å². The van der Waals surface area contributed by atoms with Crippen molar-refractivity contribution in [2.24, 2.45) is 0 Å². The van der Waals surface area contributed by atoms with Crippen molar-refractivity contribution in [3.63, 3.8) is 0 Å². The topological polar surface area (TPSA) is 107 Å². The molecule has 0 atom stereocenters. The molecule has 0 bridgehead atoms. The van der Waals surface area contributed by atoms with Gasteiger partial charge in [0.15, 0.2) is 0 Å². The van der Waals surface area contributed by atoms with Crippen molar-refractivity contribution in [3.8, 4) is 63.5 Å². The van der Waals surface area contributed by atoms with Gasteiger partial charge in [-0.05, 0) is 146 Å². The first-order valence-corrected chi connectivity index (χ1v) is 31.9. The molecule has 0 saturated carbocycles. The Labute approximate surface area is 541 Å². The van der Waals surface area contributed by atoms with Gasteiger partial charge in [0.1, 0.15) is 11.5 Å². The third-order valence-corrected chi connectivity index (χ3v) is 20.4. The maximum Gasteiger partial charge on any atom is 0.132 e. The zero-order chi connectivity index (χ0) is 62.4. The maximum absolute atomic E-state index is 10.3. The molecule has 2 aliphatic rings. The van der Waals surface area contributed by atoms with Crippen molar-refractivity contribution in [3.05, 3.63) is 319 Å². The van der Waals surface area contributed by atoms with Crippen molar-refractivity contribution in [1.29, 1.82) is 10.5 Å². The number of pyridine rings is 2. The summed E-state index contributed by atoms with van der Waals surface area (Å²) in [7, 11) is 0. The summed E-state index contributed by atoms with van der Waals surface area (Å²) < 4.78 is 19.2. The molecule has 438 valence electrons. The Balaban J connectivity index is 0.885. The van der Waals surface area contributed by atoms with E-state index in [0.29, 0.717) is 22.6 Å². The van der Waals surface area contributed by atoms with E-state index in [4.69, 9.17) is 14.7 Å². The molecule has 1 aliphatic heterocycles. The Bertz CT molecular complexity index is 6360. The third kappa shape index (κ3) is 6.83. The van der Waals surface area contributed by atoms with E-state index in [0.717, 1.165) is 160 Å². The number of fused-ring (bicyclic) bond motifs is 24. The van der Waals surface area contributed by atoms with E-state index in [-0.39, 0.29) is 0 Å². The average molecular weight is 1210 g/mol. The highest BCUT2D eigenvalue weighted by Crippen LogP contribution is 2.63. The summed E-state index contributed by atoms with van der Waals surface area (Å²) in [4.78, 5) is 11.3. The monoisotopic (exact) mass is 1210 g/mol. The van der Waals surface area contributed by atoms with E-state index in [1.807, 2.05) is 48.8 Å². The number of rotatable bonds is 5. The van der Waals surface area contributed by atoms with E-state index in [2.05, 4.69) is 272 Å². The molecule has 21 rings (SSSR count). The second-order valence-electron chi connectivity index (χ2n) is 25.1.